The van der Waals surface area contributed by atoms with Crippen molar-refractivity contribution in [1.82, 2.24) is 0 Å². The molecule has 0 atom stereocenters. The molecule has 11 heavy (non-hydrogen) atoms. The zero-order chi connectivity index (χ0) is 7.68. The van der Waals surface area contributed by atoms with Gasteiger partial charge in [0.2, 0.25) is 0 Å². The molecule has 0 aliphatic carbocycles. The average molecular weight is 148 g/mol. The molecule has 0 unspecified atom stereocenters. The first-order valence-electron chi connectivity index (χ1n) is 3.42. The molecule has 2 N–H and O–H groups in total. The van der Waals surface area contributed by atoms with Gasteiger partial charge in [-0.15, -0.1) is 0 Å². The summed E-state index contributed by atoms with van der Waals surface area (Å²) in [7, 11) is 0. The van der Waals surface area contributed by atoms with Gasteiger partial charge in [0.05, 0.1) is 5.69 Å². The molecule has 0 amide bonds. The summed E-state index contributed by atoms with van der Waals surface area (Å²) >= 11 is 0. The predicted molar refractivity (Wildman–Crippen MR) is 44.5 cm³/mol. The number of nitrogens with two attached hydrogens (primary N) is 1. The first-order valence-corrected chi connectivity index (χ1v) is 3.42. The molecule has 2 rings (SSSR count). The van der Waals surface area contributed by atoms with Crippen LogP contribution in [0.3, 0.4) is 0 Å². The lowest BCUT2D eigenvalue weighted by atomic mass is 10.2. The van der Waals surface area contributed by atoms with Crippen molar-refractivity contribution in [2.24, 2.45) is 4.99 Å². The Morgan fingerprint density at radius 2 is 2.36 bits per heavy atom. The van der Waals surface area contributed by atoms with Gasteiger partial charge in [0, 0.05) is 6.21 Å². The third kappa shape index (κ3) is 0.941. The first-order chi connectivity index (χ1) is 5.38. The van der Waals surface area contributed by atoms with Crippen LogP contribution in [0.4, 0.5) is 11.4 Å². The Balaban J connectivity index is 2.60. The van der Waals surface area contributed by atoms with Gasteiger partial charge in [0.15, 0.2) is 5.75 Å². The van der Waals surface area contributed by atoms with Crippen LogP contribution in [0.5, 0.6) is 5.75 Å². The second-order valence-corrected chi connectivity index (χ2v) is 2.32. The van der Waals surface area contributed by atoms with Gasteiger partial charge in [-0.2, -0.15) is 0 Å². The summed E-state index contributed by atoms with van der Waals surface area (Å²) in [6, 6.07) is 5.54. The van der Waals surface area contributed by atoms with Gasteiger partial charge in [-0.05, 0) is 12.1 Å². The number of hydrogen-bond donors (Lipinski definition) is 1. The summed E-state index contributed by atoms with van der Waals surface area (Å²) in [5.41, 5.74) is 7.11. The van der Waals surface area contributed by atoms with Crippen molar-refractivity contribution in [3.05, 3.63) is 18.2 Å². The van der Waals surface area contributed by atoms with E-state index in [0.717, 1.165) is 5.69 Å². The monoisotopic (exact) mass is 148 g/mol. The van der Waals surface area contributed by atoms with Crippen LogP contribution >= 0.6 is 0 Å². The van der Waals surface area contributed by atoms with Crippen LogP contribution < -0.4 is 10.5 Å². The van der Waals surface area contributed by atoms with E-state index in [1.54, 1.807) is 12.3 Å². The van der Waals surface area contributed by atoms with Crippen molar-refractivity contribution in [2.75, 3.05) is 12.3 Å². The molecule has 3 heteroatoms. The molecule has 1 heterocycles. The molecule has 56 valence electrons. The number of para-hydroxylation sites is 1. The summed E-state index contributed by atoms with van der Waals surface area (Å²) in [6.45, 7) is 0.515. The lowest BCUT2D eigenvalue weighted by Crippen LogP contribution is -2.04. The van der Waals surface area contributed by atoms with E-state index < -0.39 is 0 Å². The van der Waals surface area contributed by atoms with Gasteiger partial charge >= 0.3 is 0 Å². The second kappa shape index (κ2) is 2.27. The predicted octanol–water partition coefficient (Wildman–Crippen LogP) is 1.36. The standard InChI is InChI=1S/C8H8N2O/c9-6-2-1-3-7-8(6)11-5-4-10-7/h1-4H,5,9H2. The highest BCUT2D eigenvalue weighted by molar-refractivity contribution is 5.76. The van der Waals surface area contributed by atoms with Gasteiger partial charge < -0.3 is 10.5 Å². The maximum absolute atomic E-state index is 5.64. The van der Waals surface area contributed by atoms with Crippen molar-refractivity contribution in [1.29, 1.82) is 0 Å². The highest BCUT2D eigenvalue weighted by Crippen LogP contribution is 2.34. The van der Waals surface area contributed by atoms with Gasteiger partial charge in [-0.3, -0.25) is 4.99 Å². The Bertz CT molecular complexity index is 307. The van der Waals surface area contributed by atoms with Gasteiger partial charge in [-0.1, -0.05) is 6.07 Å². The van der Waals surface area contributed by atoms with Crippen molar-refractivity contribution >= 4 is 17.6 Å². The molecule has 0 spiro atoms. The third-order valence-corrected chi connectivity index (χ3v) is 1.56. The number of benzene rings is 1. The fourth-order valence-corrected chi connectivity index (χ4v) is 1.06. The van der Waals surface area contributed by atoms with Crippen LogP contribution in [-0.2, 0) is 0 Å². The van der Waals surface area contributed by atoms with Crippen LogP contribution in [0.1, 0.15) is 0 Å². The quantitative estimate of drug-likeness (QED) is 0.565. The minimum atomic E-state index is 0.515. The number of rotatable bonds is 0. The minimum absolute atomic E-state index is 0.515. The molecule has 1 aromatic carbocycles. The fourth-order valence-electron chi connectivity index (χ4n) is 1.06. The molecule has 1 aromatic rings. The number of anilines is 1. The maximum Gasteiger partial charge on any atom is 0.168 e. The van der Waals surface area contributed by atoms with E-state index in [2.05, 4.69) is 4.99 Å². The summed E-state index contributed by atoms with van der Waals surface area (Å²) in [5.74, 6) is 0.704. The van der Waals surface area contributed by atoms with E-state index in [0.29, 0.717) is 18.0 Å². The largest absolute Gasteiger partial charge is 0.483 e. The summed E-state index contributed by atoms with van der Waals surface area (Å²) in [5, 5.41) is 0. The van der Waals surface area contributed by atoms with Crippen LogP contribution in [-0.4, -0.2) is 12.8 Å². The van der Waals surface area contributed by atoms with Crippen molar-refractivity contribution in [2.45, 2.75) is 0 Å². The molecular weight excluding hydrogens is 140 g/mol. The normalized spacial score (nSPS) is 13.8. The molecule has 0 radical (unpaired) electrons. The van der Waals surface area contributed by atoms with Crippen molar-refractivity contribution in [3.63, 3.8) is 0 Å². The lowest BCUT2D eigenvalue weighted by Gasteiger charge is -2.12. The first kappa shape index (κ1) is 6.22. The molecule has 0 fully saturated rings. The SMILES string of the molecule is Nc1cccc2c1OCC=N2. The van der Waals surface area contributed by atoms with Crippen LogP contribution in [0.15, 0.2) is 23.2 Å². The van der Waals surface area contributed by atoms with Crippen LogP contribution in [0.25, 0.3) is 0 Å². The highest BCUT2D eigenvalue weighted by Gasteiger charge is 2.08. The highest BCUT2D eigenvalue weighted by atomic mass is 16.5. The van der Waals surface area contributed by atoms with Gasteiger partial charge in [0.1, 0.15) is 12.3 Å². The molecule has 1 aliphatic rings. The van der Waals surface area contributed by atoms with E-state index in [9.17, 15) is 0 Å². The molecule has 0 saturated heterocycles. The van der Waals surface area contributed by atoms with E-state index >= 15 is 0 Å². The Kier molecular flexibility index (Phi) is 1.28. The van der Waals surface area contributed by atoms with Crippen molar-refractivity contribution < 1.29 is 4.74 Å². The Hall–Kier alpha value is -1.51. The summed E-state index contributed by atoms with van der Waals surface area (Å²) < 4.78 is 5.28. The number of nitrogens with zero attached hydrogens (tertiary/aromatic N) is 1. The maximum atomic E-state index is 5.64. The number of nitrogen functional groups attached to an aromatic ring is 1. The van der Waals surface area contributed by atoms with E-state index in [1.807, 2.05) is 12.1 Å². The Morgan fingerprint density at radius 3 is 3.18 bits per heavy atom. The molecule has 1 aliphatic heterocycles. The van der Waals surface area contributed by atoms with Gasteiger partial charge in [-0.25, -0.2) is 0 Å². The lowest BCUT2D eigenvalue weighted by molar-refractivity contribution is 0.379. The number of aliphatic imine (C=N–C) groups is 1. The third-order valence-electron chi connectivity index (χ3n) is 1.56. The van der Waals surface area contributed by atoms with Crippen molar-refractivity contribution in [3.8, 4) is 5.75 Å². The van der Waals surface area contributed by atoms with E-state index in [1.165, 1.54) is 0 Å². The average Bonchev–Trinajstić information content (AvgIpc) is 2.06. The number of hydrogen-bond acceptors (Lipinski definition) is 3. The van der Waals surface area contributed by atoms with E-state index in [-0.39, 0.29) is 0 Å². The zero-order valence-electron chi connectivity index (χ0n) is 5.95. The van der Waals surface area contributed by atoms with Crippen LogP contribution in [0.2, 0.25) is 0 Å². The molecule has 0 aromatic heterocycles. The Morgan fingerprint density at radius 1 is 1.45 bits per heavy atom. The summed E-state index contributed by atoms with van der Waals surface area (Å²) in [4.78, 5) is 4.12. The molecular formula is C8H8N2O. The second-order valence-electron chi connectivity index (χ2n) is 2.32. The molecule has 0 saturated carbocycles. The molecule has 0 bridgehead atoms. The molecule has 3 nitrogen and oxygen atoms in total. The summed E-state index contributed by atoms with van der Waals surface area (Å²) in [6.07, 6.45) is 1.72. The smallest absolute Gasteiger partial charge is 0.168 e. The minimum Gasteiger partial charge on any atom is -0.483 e. The van der Waals surface area contributed by atoms with E-state index in [4.69, 9.17) is 10.5 Å². The van der Waals surface area contributed by atoms with Gasteiger partial charge in [0.25, 0.3) is 0 Å². The van der Waals surface area contributed by atoms with Crippen LogP contribution in [0, 0.1) is 0 Å². The topological polar surface area (TPSA) is 47.6 Å². The fraction of sp³-hybridized carbons (Fsp3) is 0.125. The zero-order valence-corrected chi connectivity index (χ0v) is 5.95. The number of fused-ring (bicyclic) bond motifs is 1. The Labute approximate surface area is 64.5 Å². The number of ether oxygens (including phenoxy) is 1.